The first-order chi connectivity index (χ1) is 14.2. The van der Waals surface area contributed by atoms with E-state index in [-0.39, 0.29) is 32.6 Å². The number of hydrogen-bond donors (Lipinski definition) is 4. The van der Waals surface area contributed by atoms with Crippen molar-refractivity contribution in [1.29, 1.82) is 0 Å². The summed E-state index contributed by atoms with van der Waals surface area (Å²) in [5.74, 6) is -2.56. The van der Waals surface area contributed by atoms with Crippen molar-refractivity contribution < 1.29 is 33.8 Å². The third kappa shape index (κ3) is 9.87. The molecular weight excluding hydrogens is 394 g/mol. The molecule has 1 aromatic carbocycles. The third-order valence-electron chi connectivity index (χ3n) is 4.10. The SMILES string of the molecule is CCOC(=O)C[C@H](C)[C@@H](NC(=O)C[C@@H](O)CNC(=O)OCc1ccccc1)C(N)=O. The number of amides is 3. The molecule has 3 atom stereocenters. The number of alkyl carbamates (subject to hydrolysis) is 1. The molecule has 10 heteroatoms. The van der Waals surface area contributed by atoms with Gasteiger partial charge in [-0.2, -0.15) is 0 Å². The highest BCUT2D eigenvalue weighted by atomic mass is 16.5. The summed E-state index contributed by atoms with van der Waals surface area (Å²) in [5.41, 5.74) is 6.11. The number of ether oxygens (including phenoxy) is 2. The van der Waals surface area contributed by atoms with Gasteiger partial charge < -0.3 is 30.9 Å². The topological polar surface area (TPSA) is 157 Å². The van der Waals surface area contributed by atoms with E-state index < -0.39 is 41.9 Å². The Balaban J connectivity index is 2.39. The Bertz CT molecular complexity index is 712. The van der Waals surface area contributed by atoms with Crippen LogP contribution in [0, 0.1) is 5.92 Å². The van der Waals surface area contributed by atoms with E-state index in [0.717, 1.165) is 5.56 Å². The van der Waals surface area contributed by atoms with Crippen LogP contribution in [0.1, 0.15) is 32.3 Å². The molecule has 10 nitrogen and oxygen atoms in total. The van der Waals surface area contributed by atoms with Gasteiger partial charge in [0.1, 0.15) is 12.6 Å². The van der Waals surface area contributed by atoms with Crippen molar-refractivity contribution in [2.45, 2.75) is 45.4 Å². The van der Waals surface area contributed by atoms with Crippen molar-refractivity contribution in [2.24, 2.45) is 11.7 Å². The second-order valence-corrected chi connectivity index (χ2v) is 6.73. The fourth-order valence-corrected chi connectivity index (χ4v) is 2.59. The van der Waals surface area contributed by atoms with Crippen molar-refractivity contribution in [2.75, 3.05) is 13.2 Å². The summed E-state index contributed by atoms with van der Waals surface area (Å²) >= 11 is 0. The van der Waals surface area contributed by atoms with Crippen LogP contribution >= 0.6 is 0 Å². The van der Waals surface area contributed by atoms with Crippen molar-refractivity contribution in [3.8, 4) is 0 Å². The Labute approximate surface area is 175 Å². The lowest BCUT2D eigenvalue weighted by Crippen LogP contribution is -2.50. The van der Waals surface area contributed by atoms with Crippen molar-refractivity contribution in [3.63, 3.8) is 0 Å². The summed E-state index contributed by atoms with van der Waals surface area (Å²) in [6.07, 6.45) is -2.42. The van der Waals surface area contributed by atoms with E-state index >= 15 is 0 Å². The molecule has 0 bridgehead atoms. The number of rotatable bonds is 12. The molecule has 0 saturated carbocycles. The van der Waals surface area contributed by atoms with Crippen LogP contribution in [0.5, 0.6) is 0 Å². The van der Waals surface area contributed by atoms with Crippen molar-refractivity contribution in [1.82, 2.24) is 10.6 Å². The Kier molecular flexibility index (Phi) is 10.9. The minimum Gasteiger partial charge on any atom is -0.466 e. The summed E-state index contributed by atoms with van der Waals surface area (Å²) in [7, 11) is 0. The highest BCUT2D eigenvalue weighted by molar-refractivity contribution is 5.87. The minimum atomic E-state index is -1.21. The fourth-order valence-electron chi connectivity index (χ4n) is 2.59. The van der Waals surface area contributed by atoms with Crippen LogP contribution in [0.3, 0.4) is 0 Å². The van der Waals surface area contributed by atoms with Gasteiger partial charge in [0.25, 0.3) is 0 Å². The molecule has 0 fully saturated rings. The summed E-state index contributed by atoms with van der Waals surface area (Å²) < 4.78 is 9.82. The molecule has 0 unspecified atom stereocenters. The van der Waals surface area contributed by atoms with Crippen molar-refractivity contribution in [3.05, 3.63) is 35.9 Å². The second kappa shape index (κ2) is 13.2. The highest BCUT2D eigenvalue weighted by Gasteiger charge is 2.27. The predicted octanol–water partition coefficient (Wildman–Crippen LogP) is 0.223. The first-order valence-electron chi connectivity index (χ1n) is 9.59. The number of esters is 1. The zero-order valence-electron chi connectivity index (χ0n) is 17.1. The molecule has 0 aliphatic heterocycles. The van der Waals surface area contributed by atoms with Gasteiger partial charge in [-0.15, -0.1) is 0 Å². The lowest BCUT2D eigenvalue weighted by molar-refractivity contribution is -0.145. The average molecular weight is 423 g/mol. The first kappa shape index (κ1) is 24.9. The van der Waals surface area contributed by atoms with E-state index in [9.17, 15) is 24.3 Å². The number of primary amides is 1. The largest absolute Gasteiger partial charge is 0.466 e. The molecule has 166 valence electrons. The van der Waals surface area contributed by atoms with E-state index in [2.05, 4.69) is 10.6 Å². The summed E-state index contributed by atoms with van der Waals surface area (Å²) in [5, 5.41) is 14.7. The van der Waals surface area contributed by atoms with Gasteiger partial charge in [0.2, 0.25) is 11.8 Å². The maximum absolute atomic E-state index is 12.1. The number of nitrogens with two attached hydrogens (primary N) is 1. The number of hydrogen-bond acceptors (Lipinski definition) is 7. The zero-order valence-corrected chi connectivity index (χ0v) is 17.1. The molecule has 0 heterocycles. The molecule has 0 aliphatic rings. The van der Waals surface area contributed by atoms with Gasteiger partial charge in [0.05, 0.1) is 25.6 Å². The molecule has 0 saturated heterocycles. The Hall–Kier alpha value is -3.14. The highest BCUT2D eigenvalue weighted by Crippen LogP contribution is 2.10. The van der Waals surface area contributed by atoms with Crippen LogP contribution in [0.2, 0.25) is 0 Å². The lowest BCUT2D eigenvalue weighted by Gasteiger charge is -2.22. The summed E-state index contributed by atoms with van der Waals surface area (Å²) in [4.78, 5) is 47.0. The standard InChI is InChI=1S/C20H29N3O7/c1-3-29-17(26)9-13(2)18(19(21)27)23-16(25)10-15(24)11-22-20(28)30-12-14-7-5-4-6-8-14/h4-8,13,15,18,24H,3,9-12H2,1-2H3,(H2,21,27)(H,22,28)(H,23,25)/t13-,15+,18+/m0/s1. The first-order valence-corrected chi connectivity index (χ1v) is 9.59. The Morgan fingerprint density at radius 3 is 2.37 bits per heavy atom. The van der Waals surface area contributed by atoms with Crippen LogP contribution in [-0.4, -0.2) is 54.3 Å². The summed E-state index contributed by atoms with van der Waals surface area (Å²) in [6, 6.07) is 7.95. The quantitative estimate of drug-likeness (QED) is 0.350. The number of carbonyl (C=O) groups is 4. The number of nitrogens with one attached hydrogen (secondary N) is 2. The van der Waals surface area contributed by atoms with Crippen LogP contribution in [0.15, 0.2) is 30.3 Å². The fraction of sp³-hybridized carbons (Fsp3) is 0.500. The van der Waals surface area contributed by atoms with Crippen molar-refractivity contribution >= 4 is 23.9 Å². The molecule has 0 radical (unpaired) electrons. The zero-order chi connectivity index (χ0) is 22.5. The van der Waals surface area contributed by atoms with Gasteiger partial charge in [0.15, 0.2) is 0 Å². The van der Waals surface area contributed by atoms with Crippen LogP contribution in [0.25, 0.3) is 0 Å². The average Bonchev–Trinajstić information content (AvgIpc) is 2.69. The molecule has 0 aromatic heterocycles. The smallest absolute Gasteiger partial charge is 0.407 e. The van der Waals surface area contributed by atoms with E-state index in [4.69, 9.17) is 15.2 Å². The number of aliphatic hydroxyl groups is 1. The van der Waals surface area contributed by atoms with Crippen LogP contribution in [-0.2, 0) is 30.5 Å². The molecule has 1 rings (SSSR count). The lowest BCUT2D eigenvalue weighted by atomic mass is 9.97. The van der Waals surface area contributed by atoms with E-state index in [1.807, 2.05) is 18.2 Å². The Morgan fingerprint density at radius 1 is 1.10 bits per heavy atom. The molecule has 5 N–H and O–H groups in total. The second-order valence-electron chi connectivity index (χ2n) is 6.73. The van der Waals surface area contributed by atoms with E-state index in [0.29, 0.717) is 0 Å². The van der Waals surface area contributed by atoms with Crippen LogP contribution < -0.4 is 16.4 Å². The van der Waals surface area contributed by atoms with Gasteiger partial charge in [0, 0.05) is 6.54 Å². The maximum Gasteiger partial charge on any atom is 0.407 e. The molecule has 1 aromatic rings. The monoisotopic (exact) mass is 423 g/mol. The number of benzene rings is 1. The van der Waals surface area contributed by atoms with Gasteiger partial charge in [-0.3, -0.25) is 14.4 Å². The Morgan fingerprint density at radius 2 is 1.77 bits per heavy atom. The minimum absolute atomic E-state index is 0.0713. The number of carbonyl (C=O) groups excluding carboxylic acids is 4. The molecular formula is C20H29N3O7. The molecule has 30 heavy (non-hydrogen) atoms. The van der Waals surface area contributed by atoms with Gasteiger partial charge in [-0.05, 0) is 18.4 Å². The van der Waals surface area contributed by atoms with Crippen LogP contribution in [0.4, 0.5) is 4.79 Å². The molecule has 3 amide bonds. The van der Waals surface area contributed by atoms with E-state index in [1.165, 1.54) is 0 Å². The van der Waals surface area contributed by atoms with E-state index in [1.54, 1.807) is 26.0 Å². The van der Waals surface area contributed by atoms with Gasteiger partial charge in [-0.25, -0.2) is 4.79 Å². The third-order valence-corrected chi connectivity index (χ3v) is 4.10. The maximum atomic E-state index is 12.1. The summed E-state index contributed by atoms with van der Waals surface area (Å²) in [6.45, 7) is 3.28. The van der Waals surface area contributed by atoms with Gasteiger partial charge in [-0.1, -0.05) is 37.3 Å². The molecule has 0 aliphatic carbocycles. The predicted molar refractivity (Wildman–Crippen MR) is 107 cm³/mol. The van der Waals surface area contributed by atoms with Gasteiger partial charge >= 0.3 is 12.1 Å². The molecule has 0 spiro atoms. The normalized spacial score (nSPS) is 13.4. The number of aliphatic hydroxyl groups excluding tert-OH is 1.